The van der Waals surface area contributed by atoms with Crippen molar-refractivity contribution in [2.75, 3.05) is 0 Å². The Morgan fingerprint density at radius 2 is 1.56 bits per heavy atom. The summed E-state index contributed by atoms with van der Waals surface area (Å²) in [5.41, 5.74) is 1.17. The van der Waals surface area contributed by atoms with Crippen LogP contribution in [0.25, 0.3) is 0 Å². The molecule has 0 radical (unpaired) electrons. The summed E-state index contributed by atoms with van der Waals surface area (Å²) in [6, 6.07) is 0. The zero-order valence-electron chi connectivity index (χ0n) is 10.5. The Morgan fingerprint density at radius 3 is 2.12 bits per heavy atom. The van der Waals surface area contributed by atoms with Gasteiger partial charge in [-0.1, -0.05) is 62.8 Å². The Hall–Kier alpha value is -0.440. The third kappa shape index (κ3) is 6.94. The van der Waals surface area contributed by atoms with Gasteiger partial charge in [0.1, 0.15) is 0 Å². The molecule has 0 bridgehead atoms. The quantitative estimate of drug-likeness (QED) is 0.558. The van der Waals surface area contributed by atoms with E-state index in [0.29, 0.717) is 0 Å². The molecule has 2 nitrogen and oxygen atoms in total. The first kappa shape index (κ1) is 13.6. The highest BCUT2D eigenvalue weighted by Crippen LogP contribution is 2.11. The van der Waals surface area contributed by atoms with Crippen LogP contribution in [0.5, 0.6) is 0 Å². The van der Waals surface area contributed by atoms with Gasteiger partial charge < -0.3 is 0 Å². The minimum atomic E-state index is 1.12. The lowest BCUT2D eigenvalue weighted by molar-refractivity contribution is 0.563. The standard InChI is InChI=1S/C13H24N2S/c1-2-3-4-5-6-7-8-9-10-11-13-12-16-15-14-13/h12H,2-11H2,1H3. The molecule has 1 rings (SSSR count). The van der Waals surface area contributed by atoms with Gasteiger partial charge in [0.2, 0.25) is 0 Å². The lowest BCUT2D eigenvalue weighted by atomic mass is 10.1. The molecule has 16 heavy (non-hydrogen) atoms. The molecule has 1 aromatic rings. The van der Waals surface area contributed by atoms with E-state index in [1.54, 1.807) is 0 Å². The van der Waals surface area contributed by atoms with Gasteiger partial charge in [-0.3, -0.25) is 0 Å². The van der Waals surface area contributed by atoms with Crippen LogP contribution in [0.15, 0.2) is 5.38 Å². The Morgan fingerprint density at radius 1 is 0.938 bits per heavy atom. The van der Waals surface area contributed by atoms with E-state index in [4.69, 9.17) is 0 Å². The van der Waals surface area contributed by atoms with Crippen molar-refractivity contribution in [3.63, 3.8) is 0 Å². The first-order valence-electron chi connectivity index (χ1n) is 6.69. The predicted octanol–water partition coefficient (Wildman–Crippen LogP) is 4.61. The van der Waals surface area contributed by atoms with Crippen molar-refractivity contribution in [3.8, 4) is 0 Å². The van der Waals surface area contributed by atoms with Crippen molar-refractivity contribution in [1.29, 1.82) is 0 Å². The van der Waals surface area contributed by atoms with Crippen molar-refractivity contribution < 1.29 is 0 Å². The molecule has 1 aromatic heterocycles. The maximum atomic E-state index is 4.05. The summed E-state index contributed by atoms with van der Waals surface area (Å²) in [6.45, 7) is 2.27. The van der Waals surface area contributed by atoms with Crippen molar-refractivity contribution >= 4 is 11.5 Å². The Balaban J connectivity index is 1.78. The molecule has 0 aliphatic carbocycles. The van der Waals surface area contributed by atoms with E-state index < -0.39 is 0 Å². The highest BCUT2D eigenvalue weighted by Gasteiger charge is 1.96. The molecule has 0 aliphatic heterocycles. The fourth-order valence-corrected chi connectivity index (χ4v) is 2.40. The molecule has 0 saturated carbocycles. The first-order valence-corrected chi connectivity index (χ1v) is 7.53. The summed E-state index contributed by atoms with van der Waals surface area (Å²) in [5, 5.41) is 6.11. The van der Waals surface area contributed by atoms with E-state index in [1.807, 2.05) is 0 Å². The summed E-state index contributed by atoms with van der Waals surface area (Å²) in [5.74, 6) is 0. The van der Waals surface area contributed by atoms with Gasteiger partial charge in [0.05, 0.1) is 5.69 Å². The number of rotatable bonds is 10. The summed E-state index contributed by atoms with van der Waals surface area (Å²) >= 11 is 1.46. The molecule has 0 amide bonds. The van der Waals surface area contributed by atoms with E-state index >= 15 is 0 Å². The number of hydrogen-bond acceptors (Lipinski definition) is 3. The van der Waals surface area contributed by atoms with E-state index in [-0.39, 0.29) is 0 Å². The van der Waals surface area contributed by atoms with Crippen molar-refractivity contribution in [2.24, 2.45) is 0 Å². The highest BCUT2D eigenvalue weighted by atomic mass is 32.1. The normalized spacial score (nSPS) is 10.8. The van der Waals surface area contributed by atoms with Crippen LogP contribution in [-0.4, -0.2) is 9.59 Å². The van der Waals surface area contributed by atoms with E-state index in [0.717, 1.165) is 6.42 Å². The van der Waals surface area contributed by atoms with Crippen LogP contribution in [0, 0.1) is 0 Å². The number of hydrogen-bond donors (Lipinski definition) is 0. The Bertz CT molecular complexity index is 234. The van der Waals surface area contributed by atoms with E-state index in [9.17, 15) is 0 Å². The maximum absolute atomic E-state index is 4.05. The maximum Gasteiger partial charge on any atom is 0.0755 e. The topological polar surface area (TPSA) is 25.8 Å². The van der Waals surface area contributed by atoms with Crippen LogP contribution in [0.1, 0.15) is 70.4 Å². The molecular weight excluding hydrogens is 216 g/mol. The van der Waals surface area contributed by atoms with Crippen molar-refractivity contribution in [1.82, 2.24) is 9.59 Å². The van der Waals surface area contributed by atoms with Gasteiger partial charge in [-0.15, -0.1) is 5.10 Å². The monoisotopic (exact) mass is 240 g/mol. The zero-order chi connectivity index (χ0) is 11.5. The fourth-order valence-electron chi connectivity index (χ4n) is 1.91. The number of unbranched alkanes of at least 4 members (excludes halogenated alkanes) is 8. The van der Waals surface area contributed by atoms with Gasteiger partial charge in [0.25, 0.3) is 0 Å². The molecule has 0 fully saturated rings. The van der Waals surface area contributed by atoms with Crippen molar-refractivity contribution in [3.05, 3.63) is 11.1 Å². The highest BCUT2D eigenvalue weighted by molar-refractivity contribution is 7.03. The molecule has 0 aliphatic rings. The van der Waals surface area contributed by atoms with Crippen LogP contribution >= 0.6 is 11.5 Å². The molecule has 0 unspecified atom stereocenters. The molecule has 0 spiro atoms. The molecular formula is C13H24N2S. The molecule has 0 atom stereocenters. The van der Waals surface area contributed by atoms with Gasteiger partial charge in [0.15, 0.2) is 0 Å². The van der Waals surface area contributed by atoms with Gasteiger partial charge in [0, 0.05) is 5.38 Å². The second-order valence-electron chi connectivity index (χ2n) is 4.47. The smallest absolute Gasteiger partial charge is 0.0755 e. The first-order chi connectivity index (χ1) is 7.93. The molecule has 92 valence electrons. The van der Waals surface area contributed by atoms with Gasteiger partial charge in [-0.25, -0.2) is 0 Å². The average molecular weight is 240 g/mol. The van der Waals surface area contributed by atoms with Crippen molar-refractivity contribution in [2.45, 2.75) is 71.1 Å². The van der Waals surface area contributed by atoms with Crippen LogP contribution in [0.2, 0.25) is 0 Å². The van der Waals surface area contributed by atoms with E-state index in [2.05, 4.69) is 21.9 Å². The number of aryl methyl sites for hydroxylation is 1. The Labute approximate surface area is 104 Å². The van der Waals surface area contributed by atoms with Crippen LogP contribution in [-0.2, 0) is 6.42 Å². The Kier molecular flexibility index (Phi) is 8.31. The SMILES string of the molecule is CCCCCCCCCCCc1csnn1. The lowest BCUT2D eigenvalue weighted by Gasteiger charge is -2.00. The minimum Gasteiger partial charge on any atom is -0.143 e. The van der Waals surface area contributed by atoms with Crippen LogP contribution in [0.4, 0.5) is 0 Å². The summed E-state index contributed by atoms with van der Waals surface area (Å²) < 4.78 is 3.87. The second-order valence-corrected chi connectivity index (χ2v) is 5.08. The van der Waals surface area contributed by atoms with Gasteiger partial charge in [-0.05, 0) is 24.4 Å². The lowest BCUT2D eigenvalue weighted by Crippen LogP contribution is -1.86. The summed E-state index contributed by atoms with van der Waals surface area (Å²) in [6.07, 6.45) is 13.6. The zero-order valence-corrected chi connectivity index (χ0v) is 11.3. The molecule has 0 N–H and O–H groups in total. The molecule has 0 aromatic carbocycles. The second kappa shape index (κ2) is 9.76. The summed E-state index contributed by atoms with van der Waals surface area (Å²) in [7, 11) is 0. The molecule has 0 saturated heterocycles. The molecule has 3 heteroatoms. The van der Waals surface area contributed by atoms with E-state index in [1.165, 1.54) is 75.0 Å². The third-order valence-electron chi connectivity index (χ3n) is 2.94. The number of aromatic nitrogens is 2. The number of nitrogens with zero attached hydrogens (tertiary/aromatic N) is 2. The minimum absolute atomic E-state index is 1.12. The van der Waals surface area contributed by atoms with Gasteiger partial charge >= 0.3 is 0 Å². The third-order valence-corrected chi connectivity index (χ3v) is 3.50. The largest absolute Gasteiger partial charge is 0.143 e. The average Bonchev–Trinajstić information content (AvgIpc) is 2.80. The van der Waals surface area contributed by atoms with Crippen LogP contribution in [0.3, 0.4) is 0 Å². The predicted molar refractivity (Wildman–Crippen MR) is 70.8 cm³/mol. The van der Waals surface area contributed by atoms with Gasteiger partial charge in [-0.2, -0.15) is 0 Å². The summed E-state index contributed by atoms with van der Waals surface area (Å²) in [4.78, 5) is 0. The van der Waals surface area contributed by atoms with Crippen LogP contribution < -0.4 is 0 Å². The molecule has 1 heterocycles. The fraction of sp³-hybridized carbons (Fsp3) is 0.846.